The van der Waals surface area contributed by atoms with Gasteiger partial charge in [0.15, 0.2) is 11.6 Å². The normalized spacial score (nSPS) is 14.0. The predicted molar refractivity (Wildman–Crippen MR) is 65.8 cm³/mol. The van der Waals surface area contributed by atoms with Gasteiger partial charge in [0.25, 0.3) is 5.78 Å². The van der Waals surface area contributed by atoms with Crippen LogP contribution in [0.1, 0.15) is 35.7 Å². The maximum Gasteiger partial charge on any atom is 0.379 e. The molecule has 1 aromatic rings. The summed E-state index contributed by atoms with van der Waals surface area (Å²) in [6.45, 7) is 2.19. The Labute approximate surface area is 110 Å². The van der Waals surface area contributed by atoms with Crippen molar-refractivity contribution in [1.82, 2.24) is 0 Å². The SMILES string of the molecule is CCOC(=O)C(=O)c1cc(F)c2c(c1)CCCCO2. The summed E-state index contributed by atoms with van der Waals surface area (Å²) >= 11 is 0. The highest BCUT2D eigenvalue weighted by Crippen LogP contribution is 2.29. The zero-order valence-corrected chi connectivity index (χ0v) is 10.7. The van der Waals surface area contributed by atoms with Crippen molar-refractivity contribution in [2.75, 3.05) is 13.2 Å². The number of ketones is 1. The van der Waals surface area contributed by atoms with Crippen LogP contribution < -0.4 is 4.74 Å². The average molecular weight is 266 g/mol. The Kier molecular flexibility index (Phi) is 4.14. The molecule has 1 heterocycles. The summed E-state index contributed by atoms with van der Waals surface area (Å²) in [5.41, 5.74) is 0.644. The first-order valence-electron chi connectivity index (χ1n) is 6.30. The molecule has 1 aliphatic heterocycles. The summed E-state index contributed by atoms with van der Waals surface area (Å²) < 4.78 is 23.8. The highest BCUT2D eigenvalue weighted by atomic mass is 19.1. The molecule has 0 radical (unpaired) electrons. The zero-order valence-electron chi connectivity index (χ0n) is 10.7. The van der Waals surface area contributed by atoms with Crippen LogP contribution in [0.4, 0.5) is 4.39 Å². The molecule has 102 valence electrons. The van der Waals surface area contributed by atoms with E-state index in [4.69, 9.17) is 4.74 Å². The molecule has 0 unspecified atom stereocenters. The van der Waals surface area contributed by atoms with Gasteiger partial charge in [-0.25, -0.2) is 9.18 Å². The van der Waals surface area contributed by atoms with E-state index in [0.29, 0.717) is 18.6 Å². The molecular formula is C14H15FO4. The Hall–Kier alpha value is -1.91. The van der Waals surface area contributed by atoms with Crippen molar-refractivity contribution in [1.29, 1.82) is 0 Å². The second-order valence-electron chi connectivity index (χ2n) is 4.30. The quantitative estimate of drug-likeness (QED) is 0.478. The largest absolute Gasteiger partial charge is 0.490 e. The number of esters is 1. The number of rotatable bonds is 3. The van der Waals surface area contributed by atoms with E-state index in [2.05, 4.69) is 4.74 Å². The third kappa shape index (κ3) is 2.92. The fourth-order valence-electron chi connectivity index (χ4n) is 2.04. The smallest absolute Gasteiger partial charge is 0.379 e. The lowest BCUT2D eigenvalue weighted by Gasteiger charge is -2.10. The zero-order chi connectivity index (χ0) is 13.8. The van der Waals surface area contributed by atoms with Crippen LogP contribution in [0.2, 0.25) is 0 Å². The van der Waals surface area contributed by atoms with Crippen molar-refractivity contribution < 1.29 is 23.5 Å². The van der Waals surface area contributed by atoms with Crippen LogP contribution in [0, 0.1) is 5.82 Å². The molecule has 4 nitrogen and oxygen atoms in total. The van der Waals surface area contributed by atoms with Crippen molar-refractivity contribution in [2.45, 2.75) is 26.2 Å². The van der Waals surface area contributed by atoms with Gasteiger partial charge in [0.1, 0.15) is 0 Å². The highest BCUT2D eigenvalue weighted by molar-refractivity contribution is 6.40. The van der Waals surface area contributed by atoms with Crippen molar-refractivity contribution >= 4 is 11.8 Å². The minimum Gasteiger partial charge on any atom is -0.490 e. The molecule has 0 bridgehead atoms. The number of ether oxygens (including phenoxy) is 2. The number of carbonyl (C=O) groups excluding carboxylic acids is 2. The van der Waals surface area contributed by atoms with Gasteiger partial charge in [-0.05, 0) is 43.9 Å². The van der Waals surface area contributed by atoms with E-state index in [1.54, 1.807) is 6.92 Å². The number of hydrogen-bond donors (Lipinski definition) is 0. The van der Waals surface area contributed by atoms with Crippen LogP contribution in [0.15, 0.2) is 12.1 Å². The van der Waals surface area contributed by atoms with Gasteiger partial charge in [0, 0.05) is 5.56 Å². The average Bonchev–Trinajstić information content (AvgIpc) is 2.63. The van der Waals surface area contributed by atoms with Gasteiger partial charge in [0.2, 0.25) is 0 Å². The van der Waals surface area contributed by atoms with E-state index in [1.165, 1.54) is 6.07 Å². The van der Waals surface area contributed by atoms with Gasteiger partial charge >= 0.3 is 5.97 Å². The van der Waals surface area contributed by atoms with E-state index in [1.807, 2.05) is 0 Å². The Morgan fingerprint density at radius 1 is 1.37 bits per heavy atom. The standard InChI is InChI=1S/C14H15FO4/c1-2-18-14(17)12(16)10-7-9-5-3-4-6-19-13(9)11(15)8-10/h7-8H,2-6H2,1H3. The summed E-state index contributed by atoms with van der Waals surface area (Å²) in [6, 6.07) is 2.55. The number of hydrogen-bond acceptors (Lipinski definition) is 4. The fourth-order valence-corrected chi connectivity index (χ4v) is 2.04. The first-order valence-corrected chi connectivity index (χ1v) is 6.30. The maximum atomic E-state index is 13.9. The molecule has 0 saturated heterocycles. The molecule has 1 aliphatic rings. The minimum atomic E-state index is -0.962. The van der Waals surface area contributed by atoms with Gasteiger partial charge in [-0.15, -0.1) is 0 Å². The van der Waals surface area contributed by atoms with E-state index < -0.39 is 17.6 Å². The molecule has 0 saturated carbocycles. The van der Waals surface area contributed by atoms with Crippen molar-refractivity contribution in [3.63, 3.8) is 0 Å². The number of Topliss-reactive ketones (excluding diaryl/α,β-unsaturated/α-hetero) is 1. The van der Waals surface area contributed by atoms with E-state index in [0.717, 1.165) is 18.9 Å². The topological polar surface area (TPSA) is 52.6 Å². The first-order chi connectivity index (χ1) is 9.13. The van der Waals surface area contributed by atoms with Crippen LogP contribution in [-0.4, -0.2) is 25.0 Å². The summed E-state index contributed by atoms with van der Waals surface area (Å²) in [7, 11) is 0. The third-order valence-corrected chi connectivity index (χ3v) is 2.93. The summed E-state index contributed by atoms with van der Waals surface area (Å²) in [6.07, 6.45) is 2.34. The summed E-state index contributed by atoms with van der Waals surface area (Å²) in [5.74, 6) is -2.20. The molecule has 2 rings (SSSR count). The molecule has 1 aromatic carbocycles. The Morgan fingerprint density at radius 3 is 2.89 bits per heavy atom. The maximum absolute atomic E-state index is 13.9. The van der Waals surface area contributed by atoms with Gasteiger partial charge in [-0.1, -0.05) is 0 Å². The Balaban J connectivity index is 2.33. The lowest BCUT2D eigenvalue weighted by atomic mass is 10.0. The highest BCUT2D eigenvalue weighted by Gasteiger charge is 2.22. The van der Waals surface area contributed by atoms with Crippen LogP contribution in [-0.2, 0) is 16.0 Å². The van der Waals surface area contributed by atoms with Crippen LogP contribution >= 0.6 is 0 Å². The van der Waals surface area contributed by atoms with Gasteiger partial charge < -0.3 is 9.47 Å². The molecule has 0 fully saturated rings. The number of halogens is 1. The molecule has 0 N–H and O–H groups in total. The summed E-state index contributed by atoms with van der Waals surface area (Å²) in [5, 5.41) is 0. The fraction of sp³-hybridized carbons (Fsp3) is 0.429. The van der Waals surface area contributed by atoms with Gasteiger partial charge in [-0.3, -0.25) is 4.79 Å². The number of carbonyl (C=O) groups is 2. The van der Waals surface area contributed by atoms with E-state index in [-0.39, 0.29) is 17.9 Å². The van der Waals surface area contributed by atoms with Crippen molar-refractivity contribution in [3.05, 3.63) is 29.1 Å². The molecular weight excluding hydrogens is 251 g/mol. The second-order valence-corrected chi connectivity index (χ2v) is 4.30. The summed E-state index contributed by atoms with van der Waals surface area (Å²) in [4.78, 5) is 23.1. The van der Waals surface area contributed by atoms with Gasteiger partial charge in [0.05, 0.1) is 13.2 Å². The predicted octanol–water partition coefficient (Wildman–Crippen LogP) is 2.29. The molecule has 19 heavy (non-hydrogen) atoms. The van der Waals surface area contributed by atoms with Crippen LogP contribution in [0.5, 0.6) is 5.75 Å². The molecule has 0 aliphatic carbocycles. The third-order valence-electron chi connectivity index (χ3n) is 2.93. The first kappa shape index (κ1) is 13.5. The van der Waals surface area contributed by atoms with Gasteiger partial charge in [-0.2, -0.15) is 0 Å². The van der Waals surface area contributed by atoms with Crippen LogP contribution in [0.3, 0.4) is 0 Å². The second kappa shape index (κ2) is 5.82. The van der Waals surface area contributed by atoms with E-state index >= 15 is 0 Å². The lowest BCUT2D eigenvalue weighted by Crippen LogP contribution is -2.18. The number of aryl methyl sites for hydroxylation is 1. The van der Waals surface area contributed by atoms with Crippen LogP contribution in [0.25, 0.3) is 0 Å². The molecule has 0 amide bonds. The Morgan fingerprint density at radius 2 is 2.16 bits per heavy atom. The number of benzene rings is 1. The van der Waals surface area contributed by atoms with Crippen molar-refractivity contribution in [2.24, 2.45) is 0 Å². The monoisotopic (exact) mass is 266 g/mol. The van der Waals surface area contributed by atoms with Crippen molar-refractivity contribution in [3.8, 4) is 5.75 Å². The molecule has 0 aromatic heterocycles. The van der Waals surface area contributed by atoms with E-state index in [9.17, 15) is 14.0 Å². The molecule has 0 spiro atoms. The minimum absolute atomic E-state index is 0.0141. The Bertz CT molecular complexity index is 510. The number of fused-ring (bicyclic) bond motifs is 1. The molecule has 0 atom stereocenters. The molecule has 5 heteroatoms. The lowest BCUT2D eigenvalue weighted by molar-refractivity contribution is -0.137.